The molecule has 1 aromatic heterocycles. The minimum absolute atomic E-state index is 0.0395. The van der Waals surface area contributed by atoms with Gasteiger partial charge in [-0.1, -0.05) is 11.3 Å². The van der Waals surface area contributed by atoms with Gasteiger partial charge in [0.2, 0.25) is 10.1 Å². The topological polar surface area (TPSA) is 62.0 Å². The van der Waals surface area contributed by atoms with Crippen LogP contribution in [0.25, 0.3) is 0 Å². The second kappa shape index (κ2) is 6.58. The SMILES string of the molecule is N#Cc1nnc(N2CCC(Oc3cc(F)ccc3Br)CC2)s1. The van der Waals surface area contributed by atoms with Gasteiger partial charge in [-0.05, 0) is 28.1 Å². The fraction of sp³-hybridized carbons (Fsp3) is 0.357. The highest BCUT2D eigenvalue weighted by atomic mass is 79.9. The molecular formula is C14H12BrFN4OS. The van der Waals surface area contributed by atoms with Crippen molar-refractivity contribution in [1.82, 2.24) is 10.2 Å². The first-order valence-corrected chi connectivity index (χ1v) is 8.37. The molecule has 0 amide bonds. The molecule has 0 spiro atoms. The van der Waals surface area contributed by atoms with Crippen molar-refractivity contribution in [2.24, 2.45) is 0 Å². The van der Waals surface area contributed by atoms with Gasteiger partial charge < -0.3 is 9.64 Å². The summed E-state index contributed by atoms with van der Waals surface area (Å²) in [6, 6.07) is 6.42. The highest BCUT2D eigenvalue weighted by Crippen LogP contribution is 2.30. The van der Waals surface area contributed by atoms with Crippen LogP contribution in [0.1, 0.15) is 17.8 Å². The lowest BCUT2D eigenvalue weighted by molar-refractivity contribution is 0.169. The molecule has 1 aromatic carbocycles. The number of rotatable bonds is 3. The average molecular weight is 383 g/mol. The molecule has 1 aliphatic rings. The van der Waals surface area contributed by atoms with E-state index < -0.39 is 0 Å². The zero-order valence-electron chi connectivity index (χ0n) is 11.5. The summed E-state index contributed by atoms with van der Waals surface area (Å²) in [5.41, 5.74) is 0. The first kappa shape index (κ1) is 15.2. The van der Waals surface area contributed by atoms with Gasteiger partial charge in [-0.25, -0.2) is 4.39 Å². The molecule has 1 aliphatic heterocycles. The summed E-state index contributed by atoms with van der Waals surface area (Å²) >= 11 is 4.66. The standard InChI is InChI=1S/C14H12BrFN4OS/c15-11-2-1-9(16)7-12(11)21-10-3-5-20(6-4-10)14-19-18-13(8-17)22-14/h1-2,7,10H,3-6H2. The number of aromatic nitrogens is 2. The second-order valence-electron chi connectivity index (χ2n) is 4.88. The lowest BCUT2D eigenvalue weighted by Gasteiger charge is -2.31. The predicted octanol–water partition coefficient (Wildman–Crippen LogP) is 3.36. The van der Waals surface area contributed by atoms with Crippen molar-refractivity contribution in [3.05, 3.63) is 33.5 Å². The van der Waals surface area contributed by atoms with Crippen LogP contribution in [0.3, 0.4) is 0 Å². The van der Waals surface area contributed by atoms with Crippen LogP contribution in [0, 0.1) is 17.1 Å². The van der Waals surface area contributed by atoms with Crippen LogP contribution in [0.4, 0.5) is 9.52 Å². The van der Waals surface area contributed by atoms with Crippen molar-refractivity contribution in [2.75, 3.05) is 18.0 Å². The average Bonchev–Trinajstić information content (AvgIpc) is 3.01. The molecule has 2 aromatic rings. The molecule has 0 unspecified atom stereocenters. The summed E-state index contributed by atoms with van der Waals surface area (Å²) in [4.78, 5) is 2.10. The lowest BCUT2D eigenvalue weighted by Crippen LogP contribution is -2.38. The van der Waals surface area contributed by atoms with Gasteiger partial charge in [0.05, 0.1) is 4.47 Å². The highest BCUT2D eigenvalue weighted by Gasteiger charge is 2.23. The fourth-order valence-electron chi connectivity index (χ4n) is 2.30. The lowest BCUT2D eigenvalue weighted by atomic mass is 10.1. The van der Waals surface area contributed by atoms with Crippen molar-refractivity contribution in [3.8, 4) is 11.8 Å². The number of benzene rings is 1. The van der Waals surface area contributed by atoms with Gasteiger partial charge in [0.1, 0.15) is 23.7 Å². The zero-order chi connectivity index (χ0) is 15.5. The Morgan fingerprint density at radius 2 is 2.14 bits per heavy atom. The van der Waals surface area contributed by atoms with Gasteiger partial charge in [0.15, 0.2) is 0 Å². The number of nitrogens with zero attached hydrogens (tertiary/aromatic N) is 4. The van der Waals surface area contributed by atoms with E-state index in [-0.39, 0.29) is 11.9 Å². The maximum atomic E-state index is 13.3. The Morgan fingerprint density at radius 1 is 1.36 bits per heavy atom. The van der Waals surface area contributed by atoms with E-state index in [0.29, 0.717) is 10.8 Å². The van der Waals surface area contributed by atoms with Crippen molar-refractivity contribution in [1.29, 1.82) is 5.26 Å². The number of ether oxygens (including phenoxy) is 1. The first-order chi connectivity index (χ1) is 10.7. The number of piperidine rings is 1. The summed E-state index contributed by atoms with van der Waals surface area (Å²) < 4.78 is 19.9. The minimum atomic E-state index is -0.312. The Morgan fingerprint density at radius 3 is 2.82 bits per heavy atom. The summed E-state index contributed by atoms with van der Waals surface area (Å²) in [7, 11) is 0. The maximum absolute atomic E-state index is 13.3. The van der Waals surface area contributed by atoms with E-state index in [4.69, 9.17) is 10.00 Å². The molecule has 5 nitrogen and oxygen atoms in total. The third kappa shape index (κ3) is 3.36. The molecule has 8 heteroatoms. The van der Waals surface area contributed by atoms with Crippen LogP contribution in [0.15, 0.2) is 22.7 Å². The van der Waals surface area contributed by atoms with Gasteiger partial charge in [0, 0.05) is 32.0 Å². The number of nitriles is 1. The first-order valence-electron chi connectivity index (χ1n) is 6.76. The summed E-state index contributed by atoms with van der Waals surface area (Å²) in [5.74, 6) is 0.217. The molecule has 2 heterocycles. The summed E-state index contributed by atoms with van der Waals surface area (Å²) in [5, 5.41) is 17.8. The van der Waals surface area contributed by atoms with E-state index in [2.05, 4.69) is 31.0 Å². The summed E-state index contributed by atoms with van der Waals surface area (Å²) in [6.07, 6.45) is 1.66. The van der Waals surface area contributed by atoms with E-state index in [1.54, 1.807) is 6.07 Å². The van der Waals surface area contributed by atoms with Gasteiger partial charge in [0.25, 0.3) is 0 Å². The van der Waals surface area contributed by atoms with Crippen LogP contribution in [0.2, 0.25) is 0 Å². The Balaban J connectivity index is 1.60. The van der Waals surface area contributed by atoms with E-state index in [9.17, 15) is 4.39 Å². The molecule has 22 heavy (non-hydrogen) atoms. The Bertz CT molecular complexity index is 709. The summed E-state index contributed by atoms with van der Waals surface area (Å²) in [6.45, 7) is 1.55. The van der Waals surface area contributed by atoms with Gasteiger partial charge in [-0.3, -0.25) is 0 Å². The zero-order valence-corrected chi connectivity index (χ0v) is 13.9. The van der Waals surface area contributed by atoms with Gasteiger partial charge in [-0.15, -0.1) is 10.2 Å². The maximum Gasteiger partial charge on any atom is 0.219 e. The van der Waals surface area contributed by atoms with E-state index in [1.807, 2.05) is 6.07 Å². The molecule has 0 atom stereocenters. The molecular weight excluding hydrogens is 371 g/mol. The number of anilines is 1. The normalized spacial score (nSPS) is 15.6. The van der Waals surface area contributed by atoms with Crippen molar-refractivity contribution >= 4 is 32.4 Å². The molecule has 0 aliphatic carbocycles. The molecule has 0 bridgehead atoms. The number of hydrogen-bond acceptors (Lipinski definition) is 6. The fourth-order valence-corrected chi connectivity index (χ4v) is 3.33. The van der Waals surface area contributed by atoms with Crippen LogP contribution in [-0.2, 0) is 0 Å². The van der Waals surface area contributed by atoms with Crippen molar-refractivity contribution in [3.63, 3.8) is 0 Å². The third-order valence-corrected chi connectivity index (χ3v) is 4.95. The number of halogens is 2. The van der Waals surface area contributed by atoms with E-state index >= 15 is 0 Å². The molecule has 0 N–H and O–H groups in total. The molecule has 3 rings (SSSR count). The van der Waals surface area contributed by atoms with Crippen molar-refractivity contribution < 1.29 is 9.13 Å². The Kier molecular flexibility index (Phi) is 4.55. The van der Waals surface area contributed by atoms with E-state index in [0.717, 1.165) is 35.5 Å². The quantitative estimate of drug-likeness (QED) is 0.814. The largest absolute Gasteiger partial charge is 0.489 e. The highest BCUT2D eigenvalue weighted by molar-refractivity contribution is 9.10. The molecule has 114 valence electrons. The van der Waals surface area contributed by atoms with Crippen LogP contribution < -0.4 is 9.64 Å². The molecule has 1 fully saturated rings. The second-order valence-corrected chi connectivity index (χ2v) is 6.69. The van der Waals surface area contributed by atoms with Crippen molar-refractivity contribution in [2.45, 2.75) is 18.9 Å². The van der Waals surface area contributed by atoms with Gasteiger partial charge >= 0.3 is 0 Å². The number of hydrogen-bond donors (Lipinski definition) is 0. The predicted molar refractivity (Wildman–Crippen MR) is 84.6 cm³/mol. The minimum Gasteiger partial charge on any atom is -0.489 e. The van der Waals surface area contributed by atoms with Crippen LogP contribution in [-0.4, -0.2) is 29.4 Å². The smallest absolute Gasteiger partial charge is 0.219 e. The Hall–Kier alpha value is -1.72. The molecule has 1 saturated heterocycles. The third-order valence-electron chi connectivity index (χ3n) is 3.41. The van der Waals surface area contributed by atoms with Crippen LogP contribution >= 0.6 is 27.3 Å². The van der Waals surface area contributed by atoms with Crippen LogP contribution in [0.5, 0.6) is 5.75 Å². The Labute approximate surface area is 139 Å². The van der Waals surface area contributed by atoms with Gasteiger partial charge in [-0.2, -0.15) is 5.26 Å². The van der Waals surface area contributed by atoms with E-state index in [1.165, 1.54) is 23.5 Å². The monoisotopic (exact) mass is 382 g/mol. The molecule has 0 radical (unpaired) electrons. The molecule has 0 saturated carbocycles.